The third-order valence-electron chi connectivity index (χ3n) is 1.50. The third-order valence-corrected chi connectivity index (χ3v) is 1.50. The second kappa shape index (κ2) is 59.3. The summed E-state index contributed by atoms with van der Waals surface area (Å²) in [5, 5.41) is 0. The van der Waals surface area contributed by atoms with Gasteiger partial charge in [0, 0.05) is 23.9 Å². The van der Waals surface area contributed by atoms with Gasteiger partial charge < -0.3 is 12.6 Å². The Kier molecular flexibility index (Phi) is 118. The normalized spacial score (nSPS) is 6.40. The van der Waals surface area contributed by atoms with E-state index in [1.54, 1.807) is 6.26 Å². The molecule has 0 nitrogen and oxygen atoms in total. The summed E-state index contributed by atoms with van der Waals surface area (Å²) in [7, 11) is 0. The van der Waals surface area contributed by atoms with Crippen molar-refractivity contribution in [3.63, 3.8) is 0 Å². The fraction of sp³-hybridized carbons (Fsp3) is 1.00. The average Bonchev–Trinajstić information content (AvgIpc) is 2.31. The van der Waals surface area contributed by atoms with Crippen LogP contribution in [0.25, 0.3) is 0 Å². The molecule has 0 N–H and O–H groups in total. The molecular weight excluding hydrogens is 307 g/mol. The fourth-order valence-corrected chi connectivity index (χ4v) is 0. The summed E-state index contributed by atoms with van der Waals surface area (Å²) >= 11 is 4.08. The molecule has 0 amide bonds. The molecule has 0 saturated carbocycles. The van der Waals surface area contributed by atoms with Gasteiger partial charge in [-0.2, -0.15) is 6.26 Å². The van der Waals surface area contributed by atoms with Gasteiger partial charge in [-0.05, 0) is 0 Å². The Morgan fingerprint density at radius 1 is 0.467 bits per heavy atom. The molecule has 0 atom stereocenters. The minimum Gasteiger partial charge on any atom is -0.796 e. The average molecular weight is 340 g/mol. The van der Waals surface area contributed by atoms with E-state index in [9.17, 15) is 0 Å². The van der Waals surface area contributed by atoms with Crippen molar-refractivity contribution in [3.05, 3.63) is 0 Å². The standard InChI is InChI=1S/3C4H10.CH4S.Sn/c3*1-3-4-2;1-2;/h3*3-4H2,1-2H3;2H,1H3;/p-1. The van der Waals surface area contributed by atoms with E-state index in [2.05, 4.69) is 54.2 Å². The molecule has 0 aliphatic carbocycles. The minimum atomic E-state index is 0. The Morgan fingerprint density at radius 2 is 0.533 bits per heavy atom. The summed E-state index contributed by atoms with van der Waals surface area (Å²) in [6.45, 7) is 13.1. The van der Waals surface area contributed by atoms with Crippen LogP contribution < -0.4 is 0 Å². The maximum atomic E-state index is 4.08. The maximum Gasteiger partial charge on any atom is 0 e. The van der Waals surface area contributed by atoms with E-state index in [-0.39, 0.29) is 23.9 Å². The van der Waals surface area contributed by atoms with Crippen molar-refractivity contribution in [2.24, 2.45) is 0 Å². The number of unbranched alkanes of at least 4 members (excludes halogenated alkanes) is 3. The van der Waals surface area contributed by atoms with Crippen LogP contribution in [0.1, 0.15) is 80.1 Å². The summed E-state index contributed by atoms with van der Waals surface area (Å²) in [6.07, 6.45) is 9.50. The predicted molar refractivity (Wildman–Crippen MR) is 80.8 cm³/mol. The van der Waals surface area contributed by atoms with Crippen molar-refractivity contribution < 1.29 is 0 Å². The third kappa shape index (κ3) is 152. The zero-order valence-corrected chi connectivity index (χ0v) is 15.8. The second-order valence-electron chi connectivity index (χ2n) is 3.00. The van der Waals surface area contributed by atoms with Crippen LogP contribution in [0.2, 0.25) is 0 Å². The second-order valence-corrected chi connectivity index (χ2v) is 3.00. The summed E-state index contributed by atoms with van der Waals surface area (Å²) in [4.78, 5) is 0. The summed E-state index contributed by atoms with van der Waals surface area (Å²) in [6, 6.07) is 0. The molecule has 0 aromatic carbocycles. The number of rotatable bonds is 3. The van der Waals surface area contributed by atoms with Crippen molar-refractivity contribution in [1.29, 1.82) is 0 Å². The molecule has 0 saturated heterocycles. The van der Waals surface area contributed by atoms with Crippen molar-refractivity contribution in [1.82, 2.24) is 0 Å². The molecule has 0 spiro atoms. The van der Waals surface area contributed by atoms with Gasteiger partial charge in [0.25, 0.3) is 0 Å². The molecule has 15 heavy (non-hydrogen) atoms. The first-order valence-electron chi connectivity index (χ1n) is 6.15. The molecule has 0 unspecified atom stereocenters. The van der Waals surface area contributed by atoms with Gasteiger partial charge in [0.05, 0.1) is 0 Å². The van der Waals surface area contributed by atoms with Crippen LogP contribution in [-0.2, 0) is 12.6 Å². The van der Waals surface area contributed by atoms with Gasteiger partial charge in [0.15, 0.2) is 0 Å². The molecular formula is C13H33SSn-. The van der Waals surface area contributed by atoms with Gasteiger partial charge >= 0.3 is 0 Å². The number of hydrogen-bond donors (Lipinski definition) is 0. The first-order valence-corrected chi connectivity index (χ1v) is 6.97. The zero-order chi connectivity index (χ0) is 12.2. The predicted octanol–water partition coefficient (Wildman–Crippen LogP) is 5.20. The van der Waals surface area contributed by atoms with Crippen LogP contribution in [0.5, 0.6) is 0 Å². The molecule has 0 aliphatic rings. The van der Waals surface area contributed by atoms with Crippen LogP contribution in [0.15, 0.2) is 0 Å². The first kappa shape index (κ1) is 29.8. The first-order chi connectivity index (χ1) is 6.74. The minimum absolute atomic E-state index is 0. The Bertz CT molecular complexity index is 26.0. The summed E-state index contributed by atoms with van der Waals surface area (Å²) < 4.78 is 0. The van der Waals surface area contributed by atoms with Gasteiger partial charge in [-0.1, -0.05) is 80.1 Å². The van der Waals surface area contributed by atoms with Crippen LogP contribution in [0.3, 0.4) is 0 Å². The van der Waals surface area contributed by atoms with Crippen LogP contribution in [-0.4, -0.2) is 30.2 Å². The van der Waals surface area contributed by atoms with Crippen LogP contribution in [0, 0.1) is 0 Å². The Morgan fingerprint density at radius 3 is 0.533 bits per heavy atom. The molecule has 0 fully saturated rings. The Hall–Kier alpha value is 1.15. The van der Waals surface area contributed by atoms with Gasteiger partial charge in [0.2, 0.25) is 0 Å². The van der Waals surface area contributed by atoms with E-state index in [0.29, 0.717) is 0 Å². The molecule has 4 radical (unpaired) electrons. The van der Waals surface area contributed by atoms with E-state index in [4.69, 9.17) is 0 Å². The van der Waals surface area contributed by atoms with Crippen molar-refractivity contribution in [3.8, 4) is 0 Å². The van der Waals surface area contributed by atoms with E-state index in [0.717, 1.165) is 0 Å². The van der Waals surface area contributed by atoms with Gasteiger partial charge in [0.1, 0.15) is 0 Å². The molecule has 0 aromatic rings. The van der Waals surface area contributed by atoms with E-state index in [1.165, 1.54) is 38.5 Å². The summed E-state index contributed by atoms with van der Waals surface area (Å²) in [5.41, 5.74) is 0. The molecule has 2 heteroatoms. The van der Waals surface area contributed by atoms with E-state index < -0.39 is 0 Å². The smallest absolute Gasteiger partial charge is 0 e. The largest absolute Gasteiger partial charge is 0.796 e. The molecule has 0 aromatic heterocycles. The fourth-order valence-electron chi connectivity index (χ4n) is 0. The van der Waals surface area contributed by atoms with Crippen molar-refractivity contribution >= 4 is 36.5 Å². The zero-order valence-electron chi connectivity index (χ0n) is 12.2. The topological polar surface area (TPSA) is 0 Å². The molecule has 0 rings (SSSR count). The van der Waals surface area contributed by atoms with E-state index in [1.807, 2.05) is 0 Å². The number of hydrogen-bond acceptors (Lipinski definition) is 1. The van der Waals surface area contributed by atoms with E-state index >= 15 is 0 Å². The maximum absolute atomic E-state index is 4.08. The van der Waals surface area contributed by atoms with Gasteiger partial charge in [-0.15, -0.1) is 0 Å². The van der Waals surface area contributed by atoms with Crippen LogP contribution >= 0.6 is 0 Å². The SMILES string of the molecule is CCCC.CCCC.CCCC.C[S-].[Sn]. The Labute approximate surface area is 122 Å². The quantitative estimate of drug-likeness (QED) is 0.503. The molecule has 0 heterocycles. The molecule has 96 valence electrons. The summed E-state index contributed by atoms with van der Waals surface area (Å²) in [5.74, 6) is 0. The van der Waals surface area contributed by atoms with Crippen molar-refractivity contribution in [2.75, 3.05) is 6.26 Å². The van der Waals surface area contributed by atoms with Gasteiger partial charge in [-0.25, -0.2) is 0 Å². The Balaban J connectivity index is -0.0000000298. The molecule has 0 bridgehead atoms. The molecule has 0 aliphatic heterocycles. The monoisotopic (exact) mass is 341 g/mol. The van der Waals surface area contributed by atoms with Gasteiger partial charge in [-0.3, -0.25) is 0 Å². The van der Waals surface area contributed by atoms with Crippen LogP contribution in [0.4, 0.5) is 0 Å². The van der Waals surface area contributed by atoms with Crippen molar-refractivity contribution in [2.45, 2.75) is 80.1 Å².